The van der Waals surface area contributed by atoms with E-state index in [4.69, 9.17) is 0 Å². The smallest absolute Gasteiger partial charge is 0.361 e. The van der Waals surface area contributed by atoms with E-state index in [2.05, 4.69) is 4.74 Å². The largest absolute Gasteiger partial charge is 0.527 e. The van der Waals surface area contributed by atoms with Crippen LogP contribution in [0.15, 0.2) is 0 Å². The molecule has 170 valence electrons. The van der Waals surface area contributed by atoms with E-state index in [1.54, 1.807) is 0 Å². The zero-order valence-corrected chi connectivity index (χ0v) is 12.2. The van der Waals surface area contributed by atoms with Crippen LogP contribution in [0.25, 0.3) is 0 Å². The van der Waals surface area contributed by atoms with Gasteiger partial charge in [-0.2, -0.15) is 61.5 Å². The lowest BCUT2D eigenvalue weighted by molar-refractivity contribution is -0.529. The van der Waals surface area contributed by atoms with Crippen LogP contribution in [0.4, 0.5) is 74.6 Å². The maximum absolute atomic E-state index is 13.6. The minimum Gasteiger partial charge on any atom is -0.361 e. The van der Waals surface area contributed by atoms with Gasteiger partial charge in [0.2, 0.25) is 0 Å². The van der Waals surface area contributed by atoms with Gasteiger partial charge in [0.05, 0.1) is 0 Å². The Bertz CT molecular complexity index is 526. The third-order valence-corrected chi connectivity index (χ3v) is 2.95. The van der Waals surface area contributed by atoms with Gasteiger partial charge in [0.1, 0.15) is 0 Å². The summed E-state index contributed by atoms with van der Waals surface area (Å²) < 4.78 is 219. The normalized spacial score (nSPS) is 16.5. The molecule has 0 aromatic rings. The molecule has 0 heterocycles. The van der Waals surface area contributed by atoms with Crippen LogP contribution in [-0.4, -0.2) is 55.3 Å². The number of halogens is 17. The van der Waals surface area contributed by atoms with E-state index in [0.29, 0.717) is 0 Å². The van der Waals surface area contributed by atoms with E-state index in [0.717, 1.165) is 0 Å². The van der Waals surface area contributed by atoms with Crippen LogP contribution in [0.2, 0.25) is 0 Å². The highest BCUT2D eigenvalue weighted by molar-refractivity contribution is 5.19. The van der Waals surface area contributed by atoms with Crippen LogP contribution in [0.3, 0.4) is 0 Å². The van der Waals surface area contributed by atoms with Crippen molar-refractivity contribution in [3.8, 4) is 0 Å². The summed E-state index contributed by atoms with van der Waals surface area (Å²) >= 11 is 0. The summed E-state index contributed by atoms with van der Waals surface area (Å²) in [5.74, 6) is -24.7. The predicted octanol–water partition coefficient (Wildman–Crippen LogP) is 5.53. The van der Waals surface area contributed by atoms with Gasteiger partial charge >= 0.3 is 42.6 Å². The summed E-state index contributed by atoms with van der Waals surface area (Å²) in [6.45, 7) is 0. The average Bonchev–Trinajstić information content (AvgIpc) is 2.32. The van der Waals surface area contributed by atoms with Crippen molar-refractivity contribution in [2.75, 3.05) is 7.11 Å². The molecule has 2 nitrogen and oxygen atoms in total. The van der Waals surface area contributed by atoms with Gasteiger partial charge in [-0.3, -0.25) is 0 Å². The van der Waals surface area contributed by atoms with E-state index in [1.807, 2.05) is 0 Å². The van der Waals surface area contributed by atoms with Gasteiger partial charge in [-0.1, -0.05) is 0 Å². The number of rotatable bonds is 6. The zero-order chi connectivity index (χ0) is 23.4. The van der Waals surface area contributed by atoms with E-state index >= 15 is 0 Å². The quantitative estimate of drug-likeness (QED) is 0.480. The van der Waals surface area contributed by atoms with Crippen molar-refractivity contribution < 1.29 is 84.1 Å². The first-order chi connectivity index (χ1) is 11.8. The molecule has 0 fully saturated rings. The molecule has 0 spiro atoms. The molecule has 0 aliphatic rings. The topological polar surface area (TPSA) is 18.5 Å². The van der Waals surface area contributed by atoms with Crippen molar-refractivity contribution in [2.24, 2.45) is 0 Å². The summed E-state index contributed by atoms with van der Waals surface area (Å²) in [5, 5.41) is 0. The van der Waals surface area contributed by atoms with E-state index < -0.39 is 55.3 Å². The third kappa shape index (κ3) is 3.65. The van der Waals surface area contributed by atoms with Gasteiger partial charge in [0.25, 0.3) is 5.60 Å². The Kier molecular flexibility index (Phi) is 6.33. The standard InChI is InChI=1S/C9H3F17O2/c1-27-2(3(10,11)6(16,17)18,4(12,13)7(19,20)21)5(14,15)8(22,23)28-9(24,25)26/h1H3. The first-order valence-electron chi connectivity index (χ1n) is 5.73. The Balaban J connectivity index is 7.34. The summed E-state index contributed by atoms with van der Waals surface area (Å²) in [4.78, 5) is 0. The molecule has 0 aromatic carbocycles. The lowest BCUT2D eigenvalue weighted by Gasteiger charge is -2.49. The molecular weight excluding hydrogens is 463 g/mol. The second-order valence-corrected chi connectivity index (χ2v) is 4.67. The van der Waals surface area contributed by atoms with Crippen LogP contribution >= 0.6 is 0 Å². The highest BCUT2D eigenvalue weighted by Crippen LogP contribution is 2.65. The number of ether oxygens (including phenoxy) is 2. The van der Waals surface area contributed by atoms with Crippen LogP contribution < -0.4 is 0 Å². The minimum atomic E-state index is -8.29. The first kappa shape index (κ1) is 26.7. The number of alkyl halides is 17. The Morgan fingerprint density at radius 3 is 0.929 bits per heavy atom. The molecule has 0 aromatic heterocycles. The highest BCUT2D eigenvalue weighted by atomic mass is 19.4. The molecule has 0 rings (SSSR count). The first-order valence-corrected chi connectivity index (χ1v) is 5.73. The van der Waals surface area contributed by atoms with Crippen molar-refractivity contribution in [2.45, 2.75) is 48.2 Å². The average molecular weight is 466 g/mol. The molecule has 0 amide bonds. The van der Waals surface area contributed by atoms with Gasteiger partial charge in [-0.15, -0.1) is 13.2 Å². The second-order valence-electron chi connectivity index (χ2n) is 4.67. The summed E-state index contributed by atoms with van der Waals surface area (Å²) in [6, 6.07) is 0. The molecule has 0 radical (unpaired) electrons. The van der Waals surface area contributed by atoms with Gasteiger partial charge in [0.15, 0.2) is 0 Å². The fourth-order valence-electron chi connectivity index (χ4n) is 1.79. The summed E-state index contributed by atoms with van der Waals surface area (Å²) in [6.07, 6.45) is -30.6. The summed E-state index contributed by atoms with van der Waals surface area (Å²) in [5.41, 5.74) is -7.97. The predicted molar refractivity (Wildman–Crippen MR) is 48.8 cm³/mol. The fourth-order valence-corrected chi connectivity index (χ4v) is 1.79. The number of methoxy groups -OCH3 is 1. The lowest BCUT2D eigenvalue weighted by Crippen LogP contribution is -2.81. The molecule has 0 saturated heterocycles. The molecule has 0 atom stereocenters. The minimum absolute atomic E-state index is 1.14. The lowest BCUT2D eigenvalue weighted by atomic mass is 9.79. The van der Waals surface area contributed by atoms with E-state index in [1.165, 1.54) is 4.74 Å². The Hall–Kier alpha value is -1.27. The molecule has 19 heteroatoms. The monoisotopic (exact) mass is 466 g/mol. The fraction of sp³-hybridized carbons (Fsp3) is 1.00. The van der Waals surface area contributed by atoms with Crippen molar-refractivity contribution in [1.29, 1.82) is 0 Å². The third-order valence-electron chi connectivity index (χ3n) is 2.95. The highest BCUT2D eigenvalue weighted by Gasteiger charge is 2.97. The molecule has 28 heavy (non-hydrogen) atoms. The van der Waals surface area contributed by atoms with Gasteiger partial charge in [-0.05, 0) is 0 Å². The van der Waals surface area contributed by atoms with Crippen molar-refractivity contribution in [3.63, 3.8) is 0 Å². The Labute approximate surface area is 141 Å². The molecule has 0 aliphatic heterocycles. The SMILES string of the molecule is COC(C(F)(F)C(F)(F)F)(C(F)(F)C(F)(F)F)C(F)(F)C(F)(F)OC(F)(F)F. The van der Waals surface area contributed by atoms with Crippen LogP contribution in [0.1, 0.15) is 0 Å². The van der Waals surface area contributed by atoms with Crippen molar-refractivity contribution in [3.05, 3.63) is 0 Å². The van der Waals surface area contributed by atoms with Gasteiger partial charge < -0.3 is 4.74 Å². The molecule has 0 saturated carbocycles. The van der Waals surface area contributed by atoms with E-state index in [9.17, 15) is 74.6 Å². The van der Waals surface area contributed by atoms with Gasteiger partial charge in [-0.25, -0.2) is 4.74 Å². The van der Waals surface area contributed by atoms with Crippen LogP contribution in [0, 0.1) is 0 Å². The van der Waals surface area contributed by atoms with Crippen LogP contribution in [-0.2, 0) is 9.47 Å². The molecule has 0 bridgehead atoms. The molecular formula is C9H3F17O2. The molecule has 0 aliphatic carbocycles. The maximum Gasteiger partial charge on any atom is 0.527 e. The van der Waals surface area contributed by atoms with Crippen molar-refractivity contribution >= 4 is 0 Å². The molecule has 0 N–H and O–H groups in total. The van der Waals surface area contributed by atoms with Crippen LogP contribution in [0.5, 0.6) is 0 Å². The number of hydrogen-bond donors (Lipinski definition) is 0. The number of hydrogen-bond acceptors (Lipinski definition) is 2. The van der Waals surface area contributed by atoms with E-state index in [-0.39, 0.29) is 0 Å². The maximum atomic E-state index is 13.6. The van der Waals surface area contributed by atoms with Crippen molar-refractivity contribution in [1.82, 2.24) is 0 Å². The van der Waals surface area contributed by atoms with Gasteiger partial charge in [0, 0.05) is 7.11 Å². The molecule has 0 unspecified atom stereocenters. The Morgan fingerprint density at radius 2 is 0.750 bits per heavy atom. The second kappa shape index (κ2) is 6.63. The zero-order valence-electron chi connectivity index (χ0n) is 12.2. The Morgan fingerprint density at radius 1 is 0.464 bits per heavy atom. The summed E-state index contributed by atoms with van der Waals surface area (Å²) in [7, 11) is -1.14.